The molecule has 8 heteroatoms. The van der Waals surface area contributed by atoms with Crippen molar-refractivity contribution in [2.75, 3.05) is 6.54 Å². The van der Waals surface area contributed by atoms with E-state index in [4.69, 9.17) is 0 Å². The van der Waals surface area contributed by atoms with Crippen LogP contribution in [0.5, 0.6) is 0 Å². The second kappa shape index (κ2) is 6.66. The standard InChI is InChI=1S/C13H19N3O4S/c1-13(2,3)12(18)15-8-6-11(17)16-21(19,20)10-5-4-7-14-9-10/h4-5,7,9H,6,8H2,1-3H3,(H,15,18)(H,16,17). The maximum atomic E-state index is 11.8. The van der Waals surface area contributed by atoms with E-state index in [0.717, 1.165) is 6.20 Å². The van der Waals surface area contributed by atoms with Crippen LogP contribution in [0.4, 0.5) is 0 Å². The van der Waals surface area contributed by atoms with Crippen molar-refractivity contribution in [3.8, 4) is 0 Å². The average Bonchev–Trinajstić information content (AvgIpc) is 2.38. The van der Waals surface area contributed by atoms with Crippen LogP contribution < -0.4 is 10.0 Å². The monoisotopic (exact) mass is 313 g/mol. The third-order valence-electron chi connectivity index (χ3n) is 2.51. The fourth-order valence-electron chi connectivity index (χ4n) is 1.32. The quantitative estimate of drug-likeness (QED) is 0.820. The maximum absolute atomic E-state index is 11.8. The Morgan fingerprint density at radius 1 is 1.29 bits per heavy atom. The number of carbonyl (C=O) groups is 2. The number of hydrogen-bond donors (Lipinski definition) is 2. The van der Waals surface area contributed by atoms with E-state index in [1.807, 2.05) is 4.72 Å². The van der Waals surface area contributed by atoms with Crippen LogP contribution in [-0.2, 0) is 19.6 Å². The zero-order chi connectivity index (χ0) is 16.1. The summed E-state index contributed by atoms with van der Waals surface area (Å²) in [7, 11) is -3.91. The first-order valence-corrected chi connectivity index (χ1v) is 7.85. The number of hydrogen-bond acceptors (Lipinski definition) is 5. The molecule has 0 radical (unpaired) electrons. The Labute approximate surface area is 124 Å². The summed E-state index contributed by atoms with van der Waals surface area (Å²) in [5.74, 6) is -0.890. The summed E-state index contributed by atoms with van der Waals surface area (Å²) in [6, 6.07) is 2.80. The Bertz CT molecular complexity index is 606. The number of amides is 2. The number of aromatic nitrogens is 1. The van der Waals surface area contributed by atoms with Crippen LogP contribution in [-0.4, -0.2) is 31.8 Å². The van der Waals surface area contributed by atoms with E-state index < -0.39 is 21.3 Å². The molecular weight excluding hydrogens is 294 g/mol. The predicted molar refractivity (Wildman–Crippen MR) is 76.6 cm³/mol. The molecule has 0 atom stereocenters. The van der Waals surface area contributed by atoms with Gasteiger partial charge in [-0.1, -0.05) is 20.8 Å². The summed E-state index contributed by atoms with van der Waals surface area (Å²) in [6.07, 6.45) is 2.46. The Morgan fingerprint density at radius 3 is 2.48 bits per heavy atom. The van der Waals surface area contributed by atoms with Crippen LogP contribution >= 0.6 is 0 Å². The van der Waals surface area contributed by atoms with Crippen molar-refractivity contribution in [3.05, 3.63) is 24.5 Å². The number of nitrogens with zero attached hydrogens (tertiary/aromatic N) is 1. The highest BCUT2D eigenvalue weighted by atomic mass is 32.2. The third kappa shape index (κ3) is 5.50. The minimum Gasteiger partial charge on any atom is -0.355 e. The van der Waals surface area contributed by atoms with E-state index in [-0.39, 0.29) is 23.8 Å². The van der Waals surface area contributed by atoms with Crippen LogP contribution in [0, 0.1) is 5.41 Å². The average molecular weight is 313 g/mol. The molecule has 0 fully saturated rings. The minimum absolute atomic E-state index is 0.0739. The van der Waals surface area contributed by atoms with E-state index in [1.165, 1.54) is 18.3 Å². The lowest BCUT2D eigenvalue weighted by Gasteiger charge is -2.17. The number of pyridine rings is 1. The second-order valence-corrected chi connectivity index (χ2v) is 7.16. The van der Waals surface area contributed by atoms with Crippen molar-refractivity contribution < 1.29 is 18.0 Å². The summed E-state index contributed by atoms with van der Waals surface area (Å²) >= 11 is 0. The Morgan fingerprint density at radius 2 is 1.95 bits per heavy atom. The van der Waals surface area contributed by atoms with Crippen LogP contribution in [0.1, 0.15) is 27.2 Å². The molecule has 116 valence electrons. The van der Waals surface area contributed by atoms with Gasteiger partial charge in [0, 0.05) is 30.8 Å². The van der Waals surface area contributed by atoms with Gasteiger partial charge in [0.05, 0.1) is 0 Å². The van der Waals surface area contributed by atoms with Gasteiger partial charge >= 0.3 is 0 Å². The first kappa shape index (κ1) is 17.1. The smallest absolute Gasteiger partial charge is 0.265 e. The van der Waals surface area contributed by atoms with Gasteiger partial charge in [-0.2, -0.15) is 0 Å². The summed E-state index contributed by atoms with van der Waals surface area (Å²) in [6.45, 7) is 5.31. The van der Waals surface area contributed by atoms with Crippen molar-refractivity contribution >= 4 is 21.8 Å². The van der Waals surface area contributed by atoms with Gasteiger partial charge in [-0.15, -0.1) is 0 Å². The van der Waals surface area contributed by atoms with Crippen molar-refractivity contribution in [3.63, 3.8) is 0 Å². The molecular formula is C13H19N3O4S. The fraction of sp³-hybridized carbons (Fsp3) is 0.462. The minimum atomic E-state index is -3.91. The number of carbonyl (C=O) groups excluding carboxylic acids is 2. The normalized spacial score (nSPS) is 11.8. The van der Waals surface area contributed by atoms with Crippen LogP contribution in [0.3, 0.4) is 0 Å². The van der Waals surface area contributed by atoms with Gasteiger partial charge < -0.3 is 5.32 Å². The second-order valence-electron chi connectivity index (χ2n) is 5.47. The van der Waals surface area contributed by atoms with Crippen molar-refractivity contribution in [1.82, 2.24) is 15.0 Å². The molecule has 0 aliphatic carbocycles. The number of sulfonamides is 1. The van der Waals surface area contributed by atoms with Gasteiger partial charge in [0.25, 0.3) is 10.0 Å². The van der Waals surface area contributed by atoms with Gasteiger partial charge in [-0.25, -0.2) is 13.1 Å². The highest BCUT2D eigenvalue weighted by molar-refractivity contribution is 7.90. The van der Waals surface area contributed by atoms with E-state index in [2.05, 4.69) is 10.3 Å². The lowest BCUT2D eigenvalue weighted by Crippen LogP contribution is -2.38. The molecule has 1 aromatic heterocycles. The fourth-order valence-corrected chi connectivity index (χ4v) is 2.30. The number of nitrogens with one attached hydrogen (secondary N) is 2. The molecule has 0 saturated heterocycles. The summed E-state index contributed by atoms with van der Waals surface area (Å²) in [5, 5.41) is 2.57. The predicted octanol–water partition coefficient (Wildman–Crippen LogP) is 0.439. The van der Waals surface area contributed by atoms with E-state index in [0.29, 0.717) is 0 Å². The van der Waals surface area contributed by atoms with Crippen molar-refractivity contribution in [2.24, 2.45) is 5.41 Å². The molecule has 0 bridgehead atoms. The van der Waals surface area contributed by atoms with Crippen molar-refractivity contribution in [1.29, 1.82) is 0 Å². The molecule has 1 heterocycles. The summed E-state index contributed by atoms with van der Waals surface area (Å²) in [4.78, 5) is 26.8. The van der Waals surface area contributed by atoms with Gasteiger partial charge in [-0.3, -0.25) is 14.6 Å². The summed E-state index contributed by atoms with van der Waals surface area (Å²) < 4.78 is 25.6. The lowest BCUT2D eigenvalue weighted by atomic mass is 9.96. The Balaban J connectivity index is 2.50. The zero-order valence-corrected chi connectivity index (χ0v) is 13.0. The molecule has 2 N–H and O–H groups in total. The molecule has 7 nitrogen and oxygen atoms in total. The first-order valence-electron chi connectivity index (χ1n) is 6.37. The highest BCUT2D eigenvalue weighted by Gasteiger charge is 2.21. The summed E-state index contributed by atoms with van der Waals surface area (Å²) in [5.41, 5.74) is -0.557. The van der Waals surface area contributed by atoms with Crippen LogP contribution in [0.15, 0.2) is 29.4 Å². The molecule has 1 rings (SSSR count). The SMILES string of the molecule is CC(C)(C)C(=O)NCCC(=O)NS(=O)(=O)c1cccnc1. The molecule has 1 aromatic rings. The van der Waals surface area contributed by atoms with E-state index in [9.17, 15) is 18.0 Å². The molecule has 2 amide bonds. The van der Waals surface area contributed by atoms with Gasteiger partial charge in [0.1, 0.15) is 4.90 Å². The molecule has 21 heavy (non-hydrogen) atoms. The van der Waals surface area contributed by atoms with Crippen molar-refractivity contribution in [2.45, 2.75) is 32.1 Å². The topological polar surface area (TPSA) is 105 Å². The zero-order valence-electron chi connectivity index (χ0n) is 12.2. The molecule has 0 unspecified atom stereocenters. The molecule has 0 aliphatic heterocycles. The Hall–Kier alpha value is -1.96. The van der Waals surface area contributed by atoms with E-state index in [1.54, 1.807) is 20.8 Å². The first-order chi connectivity index (χ1) is 9.63. The maximum Gasteiger partial charge on any atom is 0.265 e. The molecule has 0 aliphatic rings. The highest BCUT2D eigenvalue weighted by Crippen LogP contribution is 2.12. The Kier molecular flexibility index (Phi) is 5.42. The van der Waals surface area contributed by atoms with Gasteiger partial charge in [-0.05, 0) is 12.1 Å². The third-order valence-corrected chi connectivity index (χ3v) is 3.87. The molecule has 0 spiro atoms. The van der Waals surface area contributed by atoms with Crippen LogP contribution in [0.2, 0.25) is 0 Å². The molecule has 0 saturated carbocycles. The van der Waals surface area contributed by atoms with E-state index >= 15 is 0 Å². The number of rotatable bonds is 5. The van der Waals surface area contributed by atoms with Gasteiger partial charge in [0.15, 0.2) is 0 Å². The van der Waals surface area contributed by atoms with Gasteiger partial charge in [0.2, 0.25) is 11.8 Å². The largest absolute Gasteiger partial charge is 0.355 e. The lowest BCUT2D eigenvalue weighted by molar-refractivity contribution is -0.128. The molecule has 0 aromatic carbocycles. The van der Waals surface area contributed by atoms with Crippen LogP contribution in [0.25, 0.3) is 0 Å².